The smallest absolute Gasteiger partial charge is 0.241 e. The fourth-order valence-electron chi connectivity index (χ4n) is 1.74. The zero-order valence-corrected chi connectivity index (χ0v) is 12.5. The molecule has 0 saturated heterocycles. The molecule has 0 bridgehead atoms. The summed E-state index contributed by atoms with van der Waals surface area (Å²) in [5.74, 6) is -0.336. The molecule has 1 amide bonds. The van der Waals surface area contributed by atoms with Crippen LogP contribution >= 0.6 is 23.2 Å². The molecule has 1 unspecified atom stereocenters. The summed E-state index contributed by atoms with van der Waals surface area (Å²) in [4.78, 5) is 11.8. The van der Waals surface area contributed by atoms with Crippen LogP contribution in [0.5, 0.6) is 0 Å². The molecule has 2 aromatic rings. The minimum atomic E-state index is -0.886. The quantitative estimate of drug-likeness (QED) is 0.737. The number of aliphatic hydroxyl groups is 1. The number of rotatable bonds is 5. The van der Waals surface area contributed by atoms with Crippen LogP contribution in [0, 0.1) is 0 Å². The third-order valence-electron chi connectivity index (χ3n) is 2.80. The lowest BCUT2D eigenvalue weighted by Crippen LogP contribution is -2.30. The summed E-state index contributed by atoms with van der Waals surface area (Å²) >= 11 is 11.6. The number of halogens is 2. The molecule has 2 rings (SSSR count). The number of anilines is 1. The van der Waals surface area contributed by atoms with Crippen LogP contribution in [-0.2, 0) is 4.79 Å². The summed E-state index contributed by atoms with van der Waals surface area (Å²) in [7, 11) is 0. The van der Waals surface area contributed by atoms with E-state index in [-0.39, 0.29) is 12.3 Å². The Balaban J connectivity index is 1.85. The van der Waals surface area contributed by atoms with Gasteiger partial charge in [0.25, 0.3) is 0 Å². The highest BCUT2D eigenvalue weighted by Crippen LogP contribution is 2.19. The van der Waals surface area contributed by atoms with E-state index >= 15 is 0 Å². The van der Waals surface area contributed by atoms with E-state index in [0.717, 1.165) is 0 Å². The highest BCUT2D eigenvalue weighted by Gasteiger charge is 2.12. The average Bonchev–Trinajstić information content (AvgIpc) is 2.46. The van der Waals surface area contributed by atoms with Gasteiger partial charge in [0.05, 0.1) is 18.2 Å². The first-order valence-electron chi connectivity index (χ1n) is 6.28. The first kappa shape index (κ1) is 15.6. The molecule has 0 aromatic heterocycles. The van der Waals surface area contributed by atoms with Crippen LogP contribution in [0.1, 0.15) is 18.1 Å². The van der Waals surface area contributed by atoms with Gasteiger partial charge in [0.15, 0.2) is 0 Å². The minimum Gasteiger partial charge on any atom is -0.388 e. The van der Waals surface area contributed by atoms with Crippen LogP contribution in [0.25, 0.3) is 0 Å². The van der Waals surface area contributed by atoms with Crippen molar-refractivity contribution in [2.24, 2.45) is 0 Å². The summed E-state index contributed by atoms with van der Waals surface area (Å²) in [6.45, 7) is 0. The Kier molecular flexibility index (Phi) is 5.44. The molecule has 6 heteroatoms. The second-order valence-electron chi connectivity index (χ2n) is 4.45. The Morgan fingerprint density at radius 3 is 2.48 bits per heavy atom. The molecule has 0 saturated carbocycles. The van der Waals surface area contributed by atoms with Crippen molar-refractivity contribution in [1.82, 2.24) is 5.43 Å². The van der Waals surface area contributed by atoms with Crippen molar-refractivity contribution in [3.8, 4) is 0 Å². The number of carbonyl (C=O) groups excluding carboxylic acids is 1. The molecule has 3 N–H and O–H groups in total. The summed E-state index contributed by atoms with van der Waals surface area (Å²) in [5, 5.41) is 11.1. The predicted octanol–water partition coefficient (Wildman–Crippen LogP) is 3.56. The van der Waals surface area contributed by atoms with Crippen molar-refractivity contribution in [3.63, 3.8) is 0 Å². The molecule has 0 spiro atoms. The Labute approximate surface area is 132 Å². The number of hydrogen-bond acceptors (Lipinski definition) is 3. The summed E-state index contributed by atoms with van der Waals surface area (Å²) in [6.07, 6.45) is -0.946. The zero-order valence-electron chi connectivity index (χ0n) is 11.0. The lowest BCUT2D eigenvalue weighted by molar-refractivity contribution is -0.122. The van der Waals surface area contributed by atoms with Crippen LogP contribution in [-0.4, -0.2) is 11.0 Å². The van der Waals surface area contributed by atoms with Gasteiger partial charge < -0.3 is 5.11 Å². The fourth-order valence-corrected chi connectivity index (χ4v) is 2.05. The van der Waals surface area contributed by atoms with Gasteiger partial charge in [-0.1, -0.05) is 41.4 Å². The lowest BCUT2D eigenvalue weighted by Gasteiger charge is -2.12. The van der Waals surface area contributed by atoms with Crippen LogP contribution in [0.15, 0.2) is 48.5 Å². The highest BCUT2D eigenvalue weighted by molar-refractivity contribution is 6.31. The number of hydrogen-bond donors (Lipinski definition) is 3. The lowest BCUT2D eigenvalue weighted by atomic mass is 10.1. The summed E-state index contributed by atoms with van der Waals surface area (Å²) in [6, 6.07) is 13.7. The maximum atomic E-state index is 11.8. The van der Waals surface area contributed by atoms with Crippen LogP contribution in [0.4, 0.5) is 5.69 Å². The molecule has 21 heavy (non-hydrogen) atoms. The minimum absolute atomic E-state index is 0.0603. The molecule has 0 heterocycles. The van der Waals surface area contributed by atoms with E-state index in [2.05, 4.69) is 10.9 Å². The van der Waals surface area contributed by atoms with Gasteiger partial charge >= 0.3 is 0 Å². The van der Waals surface area contributed by atoms with Crippen LogP contribution < -0.4 is 10.9 Å². The van der Waals surface area contributed by atoms with Crippen molar-refractivity contribution < 1.29 is 9.90 Å². The summed E-state index contributed by atoms with van der Waals surface area (Å²) in [5.41, 5.74) is 6.54. The third-order valence-corrected chi connectivity index (χ3v) is 3.29. The van der Waals surface area contributed by atoms with Crippen molar-refractivity contribution in [3.05, 3.63) is 64.1 Å². The molecule has 4 nitrogen and oxygen atoms in total. The van der Waals surface area contributed by atoms with Crippen molar-refractivity contribution in [2.75, 3.05) is 5.43 Å². The van der Waals surface area contributed by atoms with Gasteiger partial charge in [-0.25, -0.2) is 0 Å². The fraction of sp³-hybridized carbons (Fsp3) is 0.133. The van der Waals surface area contributed by atoms with Crippen LogP contribution in [0.2, 0.25) is 10.0 Å². The number of amides is 1. The maximum absolute atomic E-state index is 11.8. The molecule has 2 aromatic carbocycles. The molecule has 0 fully saturated rings. The summed E-state index contributed by atoms with van der Waals surface area (Å²) < 4.78 is 0. The standard InChI is InChI=1S/C15H14Cl2N2O2/c16-11-6-4-10(5-7-11)14(20)9-15(21)19-18-13-3-1-2-12(17)8-13/h1-8,14,18,20H,9H2,(H,19,21). The van der Waals surface area contributed by atoms with Gasteiger partial charge in [-0.2, -0.15) is 0 Å². The number of carbonyl (C=O) groups is 1. The van der Waals surface area contributed by atoms with Gasteiger partial charge in [-0.3, -0.25) is 15.6 Å². The topological polar surface area (TPSA) is 61.4 Å². The van der Waals surface area contributed by atoms with Gasteiger partial charge in [0, 0.05) is 10.0 Å². The molecule has 0 aliphatic heterocycles. The van der Waals surface area contributed by atoms with Crippen LogP contribution in [0.3, 0.4) is 0 Å². The molecule has 0 radical (unpaired) electrons. The van der Waals surface area contributed by atoms with Gasteiger partial charge in [0.2, 0.25) is 5.91 Å². The molecule has 1 atom stereocenters. The van der Waals surface area contributed by atoms with Gasteiger partial charge in [0.1, 0.15) is 0 Å². The van der Waals surface area contributed by atoms with Crippen molar-refractivity contribution in [1.29, 1.82) is 0 Å². The first-order chi connectivity index (χ1) is 10.0. The zero-order chi connectivity index (χ0) is 15.2. The Bertz CT molecular complexity index is 617. The molecular weight excluding hydrogens is 311 g/mol. The van der Waals surface area contributed by atoms with E-state index in [1.807, 2.05) is 0 Å². The Morgan fingerprint density at radius 1 is 1.10 bits per heavy atom. The van der Waals surface area contributed by atoms with Crippen molar-refractivity contribution in [2.45, 2.75) is 12.5 Å². The molecule has 110 valence electrons. The van der Waals surface area contributed by atoms with E-state index in [9.17, 15) is 9.90 Å². The number of benzene rings is 2. The van der Waals surface area contributed by atoms with Gasteiger partial charge in [-0.05, 0) is 35.9 Å². The third kappa shape index (κ3) is 4.93. The Morgan fingerprint density at radius 2 is 1.81 bits per heavy atom. The number of aliphatic hydroxyl groups excluding tert-OH is 1. The van der Waals surface area contributed by atoms with E-state index < -0.39 is 6.10 Å². The van der Waals surface area contributed by atoms with Crippen molar-refractivity contribution >= 4 is 34.8 Å². The monoisotopic (exact) mass is 324 g/mol. The SMILES string of the molecule is O=C(CC(O)c1ccc(Cl)cc1)NNc1cccc(Cl)c1. The maximum Gasteiger partial charge on any atom is 0.241 e. The Hall–Kier alpha value is -1.75. The van der Waals surface area contributed by atoms with Gasteiger partial charge in [-0.15, -0.1) is 0 Å². The second kappa shape index (κ2) is 7.31. The van der Waals surface area contributed by atoms with E-state index in [1.165, 1.54) is 0 Å². The van der Waals surface area contributed by atoms with E-state index in [0.29, 0.717) is 21.3 Å². The number of hydrazine groups is 1. The molecule has 0 aliphatic carbocycles. The predicted molar refractivity (Wildman–Crippen MR) is 84.2 cm³/mol. The first-order valence-corrected chi connectivity index (χ1v) is 7.04. The molecule has 0 aliphatic rings. The average molecular weight is 325 g/mol. The van der Waals surface area contributed by atoms with E-state index in [1.54, 1.807) is 48.5 Å². The molecular formula is C15H14Cl2N2O2. The largest absolute Gasteiger partial charge is 0.388 e. The second-order valence-corrected chi connectivity index (χ2v) is 5.33. The van der Waals surface area contributed by atoms with E-state index in [4.69, 9.17) is 23.2 Å². The highest BCUT2D eigenvalue weighted by atomic mass is 35.5. The normalized spacial score (nSPS) is 11.8. The number of nitrogens with one attached hydrogen (secondary N) is 2.